The fourth-order valence-electron chi connectivity index (χ4n) is 4.51. The van der Waals surface area contributed by atoms with Crippen molar-refractivity contribution in [2.45, 2.75) is 38.8 Å². The Morgan fingerprint density at radius 2 is 2.12 bits per heavy atom. The van der Waals surface area contributed by atoms with Gasteiger partial charge < -0.3 is 5.32 Å². The van der Waals surface area contributed by atoms with E-state index in [4.69, 9.17) is 5.14 Å². The highest BCUT2D eigenvalue weighted by molar-refractivity contribution is 9.10. The van der Waals surface area contributed by atoms with Crippen molar-refractivity contribution in [1.29, 1.82) is 0 Å². The van der Waals surface area contributed by atoms with E-state index in [1.165, 1.54) is 12.5 Å². The number of halogens is 1. The van der Waals surface area contributed by atoms with Crippen molar-refractivity contribution in [3.8, 4) is 0 Å². The monoisotopic (exact) mass is 546 g/mol. The second-order valence-electron chi connectivity index (χ2n) is 8.85. The first-order valence-electron chi connectivity index (χ1n) is 11.1. The third-order valence-corrected chi connectivity index (χ3v) is 7.52. The number of ketones is 1. The summed E-state index contributed by atoms with van der Waals surface area (Å²) >= 11 is 3.47. The average Bonchev–Trinajstić information content (AvgIpc) is 3.38. The van der Waals surface area contributed by atoms with Crippen molar-refractivity contribution >= 4 is 37.6 Å². The molecule has 9 nitrogen and oxygen atoms in total. The molecule has 1 aliphatic rings. The second kappa shape index (κ2) is 10.3. The van der Waals surface area contributed by atoms with Gasteiger partial charge in [0.05, 0.1) is 17.9 Å². The van der Waals surface area contributed by atoms with Crippen LogP contribution in [-0.2, 0) is 16.6 Å². The van der Waals surface area contributed by atoms with Crippen LogP contribution in [0.15, 0.2) is 53.5 Å². The molecule has 1 saturated carbocycles. The third kappa shape index (κ3) is 6.28. The lowest BCUT2D eigenvalue weighted by molar-refractivity contribution is 0.103. The molecule has 180 valence electrons. The first-order chi connectivity index (χ1) is 16.2. The van der Waals surface area contributed by atoms with Gasteiger partial charge in [-0.1, -0.05) is 35.0 Å². The molecule has 1 aliphatic carbocycles. The number of sulfonamides is 1. The summed E-state index contributed by atoms with van der Waals surface area (Å²) in [7, 11) is -3.48. The van der Waals surface area contributed by atoms with Crippen LogP contribution in [0.2, 0.25) is 0 Å². The summed E-state index contributed by atoms with van der Waals surface area (Å²) in [6.07, 6.45) is 6.86. The van der Waals surface area contributed by atoms with E-state index in [-0.39, 0.29) is 23.5 Å². The molecular weight excluding hydrogens is 520 g/mol. The summed E-state index contributed by atoms with van der Waals surface area (Å²) in [6, 6.07) is 9.69. The summed E-state index contributed by atoms with van der Waals surface area (Å²) in [5.41, 5.74) is 1.74. The molecule has 1 aromatic carbocycles. The van der Waals surface area contributed by atoms with Gasteiger partial charge >= 0.3 is 0 Å². The quantitative estimate of drug-likeness (QED) is 0.393. The molecule has 0 bridgehead atoms. The highest BCUT2D eigenvalue weighted by Gasteiger charge is 2.32. The number of aromatic nitrogens is 4. The van der Waals surface area contributed by atoms with E-state index in [1.807, 2.05) is 24.3 Å². The molecule has 2 aromatic heterocycles. The Bertz CT molecular complexity index is 1280. The van der Waals surface area contributed by atoms with Crippen LogP contribution >= 0.6 is 15.9 Å². The highest BCUT2D eigenvalue weighted by atomic mass is 79.9. The van der Waals surface area contributed by atoms with E-state index >= 15 is 0 Å². The van der Waals surface area contributed by atoms with E-state index in [9.17, 15) is 13.2 Å². The van der Waals surface area contributed by atoms with Gasteiger partial charge in [-0.2, -0.15) is 5.10 Å². The molecular formula is C23H27BrN6O3S. The first-order valence-corrected chi connectivity index (χ1v) is 13.6. The molecule has 4 rings (SSSR count). The number of primary sulfonamides is 1. The molecule has 1 fully saturated rings. The normalized spacial score (nSPS) is 20.4. The SMILES string of the molecule is C[C@H]1C[C@H](Nc2ncncc2C(=O)c2ccn(Cc3cccc(Br)c3)n2)C[C@@H]1CCS(N)(=O)=O. The zero-order valence-corrected chi connectivity index (χ0v) is 21.2. The van der Waals surface area contributed by atoms with Crippen LogP contribution in [0.4, 0.5) is 5.82 Å². The number of nitrogens with one attached hydrogen (secondary N) is 1. The van der Waals surface area contributed by atoms with Gasteiger partial charge in [0.1, 0.15) is 17.8 Å². The van der Waals surface area contributed by atoms with Crippen LogP contribution in [0.25, 0.3) is 0 Å². The second-order valence-corrected chi connectivity index (χ2v) is 11.5. The number of hydrogen-bond donors (Lipinski definition) is 2. The standard InChI is InChI=1S/C23H27BrN6O3S/c1-15-9-19(11-17(15)6-8-34(25,32)33)28-23-20(12-26-14-27-23)22(31)21-5-7-30(29-21)13-16-3-2-4-18(24)10-16/h2-5,7,10,12,14-15,17,19H,6,8-9,11,13H2,1H3,(H2,25,32,33)(H,26,27,28)/t15-,17-,19-/m0/s1. The van der Waals surface area contributed by atoms with Crippen LogP contribution in [0.3, 0.4) is 0 Å². The number of benzene rings is 1. The van der Waals surface area contributed by atoms with E-state index in [0.717, 1.165) is 22.9 Å². The molecule has 2 heterocycles. The van der Waals surface area contributed by atoms with Gasteiger partial charge in [0, 0.05) is 22.9 Å². The number of carbonyl (C=O) groups is 1. The van der Waals surface area contributed by atoms with Crippen LogP contribution in [0.5, 0.6) is 0 Å². The Hall–Kier alpha value is -2.63. The molecule has 34 heavy (non-hydrogen) atoms. The number of nitrogens with two attached hydrogens (primary N) is 1. The lowest BCUT2D eigenvalue weighted by Gasteiger charge is -2.15. The number of carbonyl (C=O) groups excluding carboxylic acids is 1. The molecule has 0 amide bonds. The topological polar surface area (TPSA) is 133 Å². The first kappa shape index (κ1) is 24.5. The van der Waals surface area contributed by atoms with Gasteiger partial charge in [0.2, 0.25) is 15.8 Å². The fourth-order valence-corrected chi connectivity index (χ4v) is 5.58. The lowest BCUT2D eigenvalue weighted by Crippen LogP contribution is -2.21. The molecule has 3 N–H and O–H groups in total. The zero-order valence-electron chi connectivity index (χ0n) is 18.8. The minimum atomic E-state index is -3.48. The van der Waals surface area contributed by atoms with Gasteiger partial charge in [-0.15, -0.1) is 0 Å². The molecule has 3 aromatic rings. The van der Waals surface area contributed by atoms with Gasteiger partial charge in [-0.3, -0.25) is 9.48 Å². The van der Waals surface area contributed by atoms with E-state index in [0.29, 0.717) is 36.0 Å². The van der Waals surface area contributed by atoms with Crippen molar-refractivity contribution in [3.63, 3.8) is 0 Å². The number of nitrogens with zero attached hydrogens (tertiary/aromatic N) is 4. The summed E-state index contributed by atoms with van der Waals surface area (Å²) in [6.45, 7) is 2.66. The van der Waals surface area contributed by atoms with Gasteiger partial charge in [0.25, 0.3) is 0 Å². The van der Waals surface area contributed by atoms with Crippen LogP contribution in [0, 0.1) is 11.8 Å². The Balaban J connectivity index is 1.44. The zero-order chi connectivity index (χ0) is 24.3. The van der Waals surface area contributed by atoms with Crippen molar-refractivity contribution in [2.24, 2.45) is 17.0 Å². The van der Waals surface area contributed by atoms with Crippen molar-refractivity contribution in [3.05, 3.63) is 70.3 Å². The maximum absolute atomic E-state index is 13.2. The Labute approximate surface area is 207 Å². The van der Waals surface area contributed by atoms with Crippen LogP contribution in [0.1, 0.15) is 47.8 Å². The van der Waals surface area contributed by atoms with Gasteiger partial charge in [0.15, 0.2) is 0 Å². The summed E-state index contributed by atoms with van der Waals surface area (Å²) in [5, 5.41) is 13.0. The number of rotatable bonds is 9. The largest absolute Gasteiger partial charge is 0.367 e. The molecule has 0 radical (unpaired) electrons. The molecule has 0 saturated heterocycles. The summed E-state index contributed by atoms with van der Waals surface area (Å²) in [4.78, 5) is 21.6. The smallest absolute Gasteiger partial charge is 0.218 e. The molecule has 11 heteroatoms. The average molecular weight is 547 g/mol. The molecule has 0 aliphatic heterocycles. The molecule has 3 atom stereocenters. The lowest BCUT2D eigenvalue weighted by atomic mass is 9.96. The van der Waals surface area contributed by atoms with E-state index in [1.54, 1.807) is 16.9 Å². The Morgan fingerprint density at radius 3 is 2.88 bits per heavy atom. The molecule has 0 unspecified atom stereocenters. The number of hydrogen-bond acceptors (Lipinski definition) is 7. The summed E-state index contributed by atoms with van der Waals surface area (Å²) < 4.78 is 25.4. The van der Waals surface area contributed by atoms with Gasteiger partial charge in [-0.05, 0) is 54.9 Å². The van der Waals surface area contributed by atoms with E-state index in [2.05, 4.69) is 43.2 Å². The highest BCUT2D eigenvalue weighted by Crippen LogP contribution is 2.36. The van der Waals surface area contributed by atoms with Crippen molar-refractivity contribution in [2.75, 3.05) is 11.1 Å². The molecule has 0 spiro atoms. The fraction of sp³-hybridized carbons (Fsp3) is 0.391. The van der Waals surface area contributed by atoms with Gasteiger partial charge in [-0.25, -0.2) is 23.5 Å². The predicted octanol–water partition coefficient (Wildman–Crippen LogP) is 3.22. The Kier molecular flexibility index (Phi) is 7.44. The minimum Gasteiger partial charge on any atom is -0.367 e. The summed E-state index contributed by atoms with van der Waals surface area (Å²) in [5.74, 6) is 0.771. The van der Waals surface area contributed by atoms with Crippen LogP contribution in [-0.4, -0.2) is 45.7 Å². The van der Waals surface area contributed by atoms with Crippen molar-refractivity contribution in [1.82, 2.24) is 19.7 Å². The maximum atomic E-state index is 13.2. The minimum absolute atomic E-state index is 0.0193. The van der Waals surface area contributed by atoms with Crippen molar-refractivity contribution < 1.29 is 13.2 Å². The maximum Gasteiger partial charge on any atom is 0.218 e. The predicted molar refractivity (Wildman–Crippen MR) is 133 cm³/mol. The third-order valence-electron chi connectivity index (χ3n) is 6.23. The Morgan fingerprint density at radius 1 is 1.29 bits per heavy atom. The van der Waals surface area contributed by atoms with E-state index < -0.39 is 10.0 Å². The number of anilines is 1. The van der Waals surface area contributed by atoms with Crippen LogP contribution < -0.4 is 10.5 Å².